The average Bonchev–Trinajstić information content (AvgIpc) is 2.72. The Hall–Kier alpha value is -1.88. The Balaban J connectivity index is 1.36. The Labute approximate surface area is 162 Å². The van der Waals surface area contributed by atoms with Gasteiger partial charge in [0, 0.05) is 6.61 Å². The van der Waals surface area contributed by atoms with E-state index in [1.54, 1.807) is 7.11 Å². The predicted octanol–water partition coefficient (Wildman–Crippen LogP) is 4.54. The first kappa shape index (κ1) is 19.9. The van der Waals surface area contributed by atoms with Gasteiger partial charge in [-0.25, -0.2) is 0 Å². The number of rotatable bonds is 10. The largest absolute Gasteiger partial charge is 0.497 e. The van der Waals surface area contributed by atoms with Crippen LogP contribution >= 0.6 is 0 Å². The highest BCUT2D eigenvalue weighted by molar-refractivity contribution is 5.28. The van der Waals surface area contributed by atoms with Gasteiger partial charge in [0.1, 0.15) is 5.75 Å². The molecule has 2 aromatic rings. The topological polar surface area (TPSA) is 36.9 Å². The van der Waals surface area contributed by atoms with Gasteiger partial charge in [0.25, 0.3) is 0 Å². The summed E-state index contributed by atoms with van der Waals surface area (Å²) in [5.74, 6) is 0.890. The lowest BCUT2D eigenvalue weighted by atomic mass is 10.1. The van der Waals surface area contributed by atoms with Crippen molar-refractivity contribution in [3.8, 4) is 5.75 Å². The molecule has 27 heavy (non-hydrogen) atoms. The van der Waals surface area contributed by atoms with Gasteiger partial charge in [-0.2, -0.15) is 0 Å². The summed E-state index contributed by atoms with van der Waals surface area (Å²) >= 11 is 0. The van der Waals surface area contributed by atoms with Gasteiger partial charge in [0.15, 0.2) is 6.29 Å². The average molecular weight is 370 g/mol. The van der Waals surface area contributed by atoms with Crippen LogP contribution in [0.2, 0.25) is 0 Å². The van der Waals surface area contributed by atoms with Gasteiger partial charge < -0.3 is 18.9 Å². The lowest BCUT2D eigenvalue weighted by Gasteiger charge is -2.22. The third-order valence-electron chi connectivity index (χ3n) is 4.76. The van der Waals surface area contributed by atoms with Gasteiger partial charge >= 0.3 is 0 Å². The molecule has 1 fully saturated rings. The number of methoxy groups -OCH3 is 1. The molecule has 0 bridgehead atoms. The highest BCUT2D eigenvalue weighted by atomic mass is 16.7. The first-order chi connectivity index (χ1) is 13.3. The molecule has 1 unspecified atom stereocenters. The van der Waals surface area contributed by atoms with Crippen molar-refractivity contribution in [1.82, 2.24) is 0 Å². The summed E-state index contributed by atoms with van der Waals surface area (Å²) < 4.78 is 22.6. The Morgan fingerprint density at radius 2 is 1.70 bits per heavy atom. The molecule has 3 rings (SSSR count). The predicted molar refractivity (Wildman–Crippen MR) is 106 cm³/mol. The van der Waals surface area contributed by atoms with E-state index in [9.17, 15) is 0 Å². The van der Waals surface area contributed by atoms with E-state index in [1.165, 1.54) is 23.1 Å². The standard InChI is InChI=1S/C23H30O4/c1-24-22-9-5-7-20(17-22)11-14-25-18-21-8-4-6-19(16-21)12-15-27-23-10-2-3-13-26-23/h4-9,16-17,23H,2-3,10-15,18H2,1H3. The highest BCUT2D eigenvalue weighted by Crippen LogP contribution is 2.15. The number of ether oxygens (including phenoxy) is 4. The van der Waals surface area contributed by atoms with Crippen LogP contribution in [0.3, 0.4) is 0 Å². The van der Waals surface area contributed by atoms with E-state index in [2.05, 4.69) is 36.4 Å². The maximum Gasteiger partial charge on any atom is 0.157 e. The summed E-state index contributed by atoms with van der Waals surface area (Å²) in [6, 6.07) is 16.7. The van der Waals surface area contributed by atoms with Crippen LogP contribution in [-0.2, 0) is 33.7 Å². The third-order valence-corrected chi connectivity index (χ3v) is 4.76. The van der Waals surface area contributed by atoms with Gasteiger partial charge in [0.05, 0.1) is 26.9 Å². The number of hydrogen-bond acceptors (Lipinski definition) is 4. The summed E-state index contributed by atoms with van der Waals surface area (Å²) in [6.07, 6.45) is 5.14. The molecule has 1 saturated heterocycles. The second-order valence-corrected chi connectivity index (χ2v) is 6.89. The van der Waals surface area contributed by atoms with E-state index in [0.717, 1.165) is 38.0 Å². The first-order valence-electron chi connectivity index (χ1n) is 9.85. The van der Waals surface area contributed by atoms with Gasteiger partial charge in [-0.05, 0) is 60.9 Å². The second kappa shape index (κ2) is 11.1. The van der Waals surface area contributed by atoms with Crippen molar-refractivity contribution in [2.24, 2.45) is 0 Å². The highest BCUT2D eigenvalue weighted by Gasteiger charge is 2.13. The van der Waals surface area contributed by atoms with Crippen molar-refractivity contribution in [2.75, 3.05) is 26.9 Å². The first-order valence-corrected chi connectivity index (χ1v) is 9.85. The molecule has 146 valence electrons. The van der Waals surface area contributed by atoms with Crippen molar-refractivity contribution in [3.63, 3.8) is 0 Å². The summed E-state index contributed by atoms with van der Waals surface area (Å²) in [5, 5.41) is 0. The van der Waals surface area contributed by atoms with Gasteiger partial charge in [0.2, 0.25) is 0 Å². The zero-order chi connectivity index (χ0) is 18.7. The summed E-state index contributed by atoms with van der Waals surface area (Å²) in [6.45, 7) is 2.85. The zero-order valence-electron chi connectivity index (χ0n) is 16.2. The molecule has 1 aliphatic rings. The molecule has 0 spiro atoms. The fraction of sp³-hybridized carbons (Fsp3) is 0.478. The summed E-state index contributed by atoms with van der Waals surface area (Å²) in [5.41, 5.74) is 3.71. The minimum atomic E-state index is -0.0122. The molecule has 1 aliphatic heterocycles. The van der Waals surface area contributed by atoms with Crippen LogP contribution in [0.5, 0.6) is 5.75 Å². The number of benzene rings is 2. The molecule has 1 heterocycles. The second-order valence-electron chi connectivity index (χ2n) is 6.89. The molecular formula is C23H30O4. The maximum absolute atomic E-state index is 5.86. The monoisotopic (exact) mass is 370 g/mol. The van der Waals surface area contributed by atoms with E-state index in [1.807, 2.05) is 12.1 Å². The van der Waals surface area contributed by atoms with Crippen LogP contribution in [0.15, 0.2) is 48.5 Å². The van der Waals surface area contributed by atoms with E-state index in [4.69, 9.17) is 18.9 Å². The lowest BCUT2D eigenvalue weighted by Crippen LogP contribution is -2.23. The zero-order valence-corrected chi connectivity index (χ0v) is 16.2. The minimum Gasteiger partial charge on any atom is -0.497 e. The van der Waals surface area contributed by atoms with E-state index in [0.29, 0.717) is 19.8 Å². The van der Waals surface area contributed by atoms with E-state index in [-0.39, 0.29) is 6.29 Å². The molecule has 0 radical (unpaired) electrons. The molecule has 0 aromatic heterocycles. The quantitative estimate of drug-likeness (QED) is 0.576. The van der Waals surface area contributed by atoms with Crippen molar-refractivity contribution < 1.29 is 18.9 Å². The molecule has 0 aliphatic carbocycles. The molecule has 0 saturated carbocycles. The van der Waals surface area contributed by atoms with Gasteiger partial charge in [-0.3, -0.25) is 0 Å². The van der Waals surface area contributed by atoms with Gasteiger partial charge in [-0.15, -0.1) is 0 Å². The molecule has 4 nitrogen and oxygen atoms in total. The van der Waals surface area contributed by atoms with Crippen LogP contribution in [-0.4, -0.2) is 33.2 Å². The third kappa shape index (κ3) is 6.98. The molecule has 4 heteroatoms. The van der Waals surface area contributed by atoms with Crippen LogP contribution < -0.4 is 4.74 Å². The maximum atomic E-state index is 5.86. The van der Waals surface area contributed by atoms with Crippen molar-refractivity contribution in [2.45, 2.75) is 45.0 Å². The fourth-order valence-corrected chi connectivity index (χ4v) is 3.23. The fourth-order valence-electron chi connectivity index (χ4n) is 3.23. The Kier molecular flexibility index (Phi) is 8.15. The smallest absolute Gasteiger partial charge is 0.157 e. The van der Waals surface area contributed by atoms with E-state index < -0.39 is 0 Å². The lowest BCUT2D eigenvalue weighted by molar-refractivity contribution is -0.161. The van der Waals surface area contributed by atoms with Crippen LogP contribution in [0, 0.1) is 0 Å². The number of hydrogen-bond donors (Lipinski definition) is 0. The van der Waals surface area contributed by atoms with Crippen LogP contribution in [0.4, 0.5) is 0 Å². The normalized spacial score (nSPS) is 17.0. The van der Waals surface area contributed by atoms with Crippen molar-refractivity contribution >= 4 is 0 Å². The SMILES string of the molecule is COc1cccc(CCOCc2cccc(CCOC3CCCCO3)c2)c1. The molecule has 0 N–H and O–H groups in total. The Bertz CT molecular complexity index is 680. The Morgan fingerprint density at radius 1 is 0.926 bits per heavy atom. The van der Waals surface area contributed by atoms with Crippen LogP contribution in [0.1, 0.15) is 36.0 Å². The van der Waals surface area contributed by atoms with Gasteiger partial charge in [-0.1, -0.05) is 36.4 Å². The minimum absolute atomic E-state index is 0.0122. The van der Waals surface area contributed by atoms with E-state index >= 15 is 0 Å². The summed E-state index contributed by atoms with van der Waals surface area (Å²) in [7, 11) is 1.69. The summed E-state index contributed by atoms with van der Waals surface area (Å²) in [4.78, 5) is 0. The molecule has 1 atom stereocenters. The molecular weight excluding hydrogens is 340 g/mol. The molecule has 0 amide bonds. The van der Waals surface area contributed by atoms with Crippen molar-refractivity contribution in [1.29, 1.82) is 0 Å². The molecule has 2 aromatic carbocycles. The van der Waals surface area contributed by atoms with Crippen LogP contribution in [0.25, 0.3) is 0 Å². The van der Waals surface area contributed by atoms with Crippen molar-refractivity contribution in [3.05, 3.63) is 65.2 Å². The Morgan fingerprint density at radius 3 is 2.52 bits per heavy atom.